The summed E-state index contributed by atoms with van der Waals surface area (Å²) in [6.45, 7) is 0. The van der Waals surface area contributed by atoms with E-state index in [1.807, 2.05) is 0 Å². The molecule has 0 aromatic carbocycles. The van der Waals surface area contributed by atoms with E-state index in [4.69, 9.17) is 0 Å². The topological polar surface area (TPSA) is 94.1 Å². The minimum atomic E-state index is -1.20. The summed E-state index contributed by atoms with van der Waals surface area (Å²) >= 11 is 4.57. The molecule has 7 heteroatoms. The van der Waals surface area contributed by atoms with Crippen LogP contribution in [-0.4, -0.2) is 29.1 Å². The molecular weight excluding hydrogens is 182 g/mol. The van der Waals surface area contributed by atoms with Crippen molar-refractivity contribution >= 4 is 41.3 Å². The summed E-state index contributed by atoms with van der Waals surface area (Å²) in [5.74, 6) is -1.27. The van der Waals surface area contributed by atoms with E-state index in [0.717, 1.165) is 0 Å². The van der Waals surface area contributed by atoms with Crippen LogP contribution in [0.5, 0.6) is 0 Å². The fourth-order valence-electron chi connectivity index (χ4n) is 0.514. The van der Waals surface area contributed by atoms with Gasteiger partial charge in [0.1, 0.15) is 4.99 Å². The Labute approximate surface area is 72.1 Å². The van der Waals surface area contributed by atoms with Gasteiger partial charge in [0, 0.05) is 0 Å². The monoisotopic (exact) mass is 185 g/mol. The first-order valence-corrected chi connectivity index (χ1v) is 3.19. The summed E-state index contributed by atoms with van der Waals surface area (Å²) in [6, 6.07) is 0. The minimum absolute atomic E-state index is 0.159. The maximum absolute atomic E-state index is 10.8. The summed E-state index contributed by atoms with van der Waals surface area (Å²) in [6.07, 6.45) is 0.00290. The van der Waals surface area contributed by atoms with Crippen LogP contribution in [-0.2, 0) is 9.53 Å². The number of esters is 1. The second-order valence-electron chi connectivity index (χ2n) is 1.74. The summed E-state index contributed by atoms with van der Waals surface area (Å²) in [7, 11) is 0. The van der Waals surface area contributed by atoms with Crippen LogP contribution >= 0.6 is 12.2 Å². The number of nitrogens with two attached hydrogens (primary N) is 1. The summed E-state index contributed by atoms with van der Waals surface area (Å²) in [4.78, 5) is 28.0. The second-order valence-corrected chi connectivity index (χ2v) is 2.16. The third kappa shape index (κ3) is 1.92. The van der Waals surface area contributed by atoms with Crippen LogP contribution in [0.3, 0.4) is 0 Å². The zero-order chi connectivity index (χ0) is 9.14. The predicted molar refractivity (Wildman–Crippen MR) is 44.2 cm³/mol. The molecule has 1 heterocycles. The predicted octanol–water partition coefficient (Wildman–Crippen LogP) is -0.581. The number of carbonyl (C=O) groups is 2. The van der Waals surface area contributed by atoms with Gasteiger partial charge in [-0.25, -0.2) is 19.6 Å². The SMILES string of the molecule is NC(=O)OC(=O)C1=NC(=S)C=N1. The number of primary amides is 1. The molecule has 0 atom stereocenters. The Balaban J connectivity index is 2.67. The number of amidine groups is 1. The van der Waals surface area contributed by atoms with E-state index >= 15 is 0 Å². The Kier molecular flexibility index (Phi) is 2.24. The number of nitrogens with zero attached hydrogens (tertiary/aromatic N) is 2. The van der Waals surface area contributed by atoms with Crippen molar-refractivity contribution in [2.75, 3.05) is 0 Å². The van der Waals surface area contributed by atoms with Crippen molar-refractivity contribution in [2.45, 2.75) is 0 Å². The molecule has 0 aromatic rings. The molecule has 0 aromatic heterocycles. The van der Waals surface area contributed by atoms with Crippen molar-refractivity contribution < 1.29 is 14.3 Å². The summed E-state index contributed by atoms with van der Waals surface area (Å²) in [5, 5.41) is 0. The van der Waals surface area contributed by atoms with E-state index in [2.05, 4.69) is 32.7 Å². The van der Waals surface area contributed by atoms with Crippen LogP contribution in [0.15, 0.2) is 9.98 Å². The van der Waals surface area contributed by atoms with E-state index in [0.29, 0.717) is 0 Å². The Morgan fingerprint density at radius 3 is 2.67 bits per heavy atom. The molecule has 0 unspecified atom stereocenters. The van der Waals surface area contributed by atoms with Gasteiger partial charge >= 0.3 is 12.1 Å². The van der Waals surface area contributed by atoms with Gasteiger partial charge in [0.25, 0.3) is 0 Å². The van der Waals surface area contributed by atoms with Crippen molar-refractivity contribution in [3.05, 3.63) is 0 Å². The van der Waals surface area contributed by atoms with E-state index < -0.39 is 12.1 Å². The quantitative estimate of drug-likeness (QED) is 0.336. The Hall–Kier alpha value is -1.63. The zero-order valence-corrected chi connectivity index (χ0v) is 6.50. The number of hydrogen-bond acceptors (Lipinski definition) is 5. The highest BCUT2D eigenvalue weighted by Crippen LogP contribution is 1.95. The summed E-state index contributed by atoms with van der Waals surface area (Å²) < 4.78 is 3.98. The van der Waals surface area contributed by atoms with Gasteiger partial charge in [-0.3, -0.25) is 0 Å². The van der Waals surface area contributed by atoms with Crippen molar-refractivity contribution in [3.63, 3.8) is 0 Å². The average Bonchev–Trinajstić information content (AvgIpc) is 2.34. The highest BCUT2D eigenvalue weighted by molar-refractivity contribution is 7.81. The van der Waals surface area contributed by atoms with Gasteiger partial charge in [0.2, 0.25) is 5.84 Å². The molecule has 0 radical (unpaired) electrons. The number of thiocarbonyl (C=S) groups is 1. The summed E-state index contributed by atoms with van der Waals surface area (Å²) in [5.41, 5.74) is 4.57. The molecule has 1 aliphatic rings. The Morgan fingerprint density at radius 2 is 2.25 bits per heavy atom. The van der Waals surface area contributed by atoms with E-state index in [-0.39, 0.29) is 10.8 Å². The first-order chi connectivity index (χ1) is 5.59. The molecule has 0 aliphatic carbocycles. The van der Waals surface area contributed by atoms with Crippen molar-refractivity contribution in [3.8, 4) is 0 Å². The van der Waals surface area contributed by atoms with Crippen molar-refractivity contribution in [2.24, 2.45) is 15.7 Å². The first kappa shape index (κ1) is 8.47. The molecule has 12 heavy (non-hydrogen) atoms. The van der Waals surface area contributed by atoms with E-state index in [9.17, 15) is 9.59 Å². The largest absolute Gasteiger partial charge is 0.412 e. The minimum Gasteiger partial charge on any atom is -0.370 e. The lowest BCUT2D eigenvalue weighted by Gasteiger charge is -1.93. The number of rotatable bonds is 1. The second kappa shape index (κ2) is 3.18. The first-order valence-electron chi connectivity index (χ1n) is 2.78. The fraction of sp³-hybridized carbons (Fsp3) is 0. The van der Waals surface area contributed by atoms with Gasteiger partial charge in [-0.15, -0.1) is 0 Å². The third-order valence-corrected chi connectivity index (χ3v) is 1.09. The van der Waals surface area contributed by atoms with Gasteiger partial charge in [-0.2, -0.15) is 0 Å². The lowest BCUT2D eigenvalue weighted by atomic mass is 10.6. The van der Waals surface area contributed by atoms with Crippen molar-refractivity contribution in [1.29, 1.82) is 0 Å². The lowest BCUT2D eigenvalue weighted by Crippen LogP contribution is -2.23. The average molecular weight is 185 g/mol. The van der Waals surface area contributed by atoms with Crippen LogP contribution in [0.2, 0.25) is 0 Å². The Morgan fingerprint density at radius 1 is 1.58 bits per heavy atom. The van der Waals surface area contributed by atoms with E-state index in [1.54, 1.807) is 0 Å². The Bertz CT molecular complexity index is 320. The molecule has 0 saturated carbocycles. The van der Waals surface area contributed by atoms with E-state index in [1.165, 1.54) is 6.21 Å². The van der Waals surface area contributed by atoms with Gasteiger partial charge < -0.3 is 10.5 Å². The van der Waals surface area contributed by atoms with Crippen LogP contribution < -0.4 is 5.73 Å². The zero-order valence-electron chi connectivity index (χ0n) is 5.68. The van der Waals surface area contributed by atoms with Crippen molar-refractivity contribution in [1.82, 2.24) is 0 Å². The highest BCUT2D eigenvalue weighted by Gasteiger charge is 2.18. The highest BCUT2D eigenvalue weighted by atomic mass is 32.1. The molecule has 0 saturated heterocycles. The third-order valence-electron chi connectivity index (χ3n) is 0.889. The van der Waals surface area contributed by atoms with Gasteiger partial charge in [-0.1, -0.05) is 12.2 Å². The number of hydrogen-bond donors (Lipinski definition) is 1. The van der Waals surface area contributed by atoms with Gasteiger partial charge in [0.15, 0.2) is 0 Å². The molecule has 1 amide bonds. The van der Waals surface area contributed by atoms with Gasteiger partial charge in [0.05, 0.1) is 6.21 Å². The van der Waals surface area contributed by atoms with Crippen LogP contribution in [0.25, 0.3) is 0 Å². The smallest absolute Gasteiger partial charge is 0.370 e. The number of ether oxygens (including phenoxy) is 1. The molecule has 0 fully saturated rings. The number of amides is 1. The van der Waals surface area contributed by atoms with Gasteiger partial charge in [-0.05, 0) is 0 Å². The standard InChI is InChI=1S/C5H3N3O3S/c6-5(10)11-4(9)3-7-1-2(12)8-3/h1H,(H2,6,10). The van der Waals surface area contributed by atoms with Crippen LogP contribution in [0.4, 0.5) is 4.79 Å². The number of aliphatic imine (C=N–C) groups is 2. The van der Waals surface area contributed by atoms with Crippen LogP contribution in [0, 0.1) is 0 Å². The fourth-order valence-corrected chi connectivity index (χ4v) is 0.653. The van der Waals surface area contributed by atoms with Crippen LogP contribution in [0.1, 0.15) is 0 Å². The molecule has 6 nitrogen and oxygen atoms in total. The molecule has 1 rings (SSSR count). The molecule has 1 aliphatic heterocycles. The molecule has 2 N–H and O–H groups in total. The maximum Gasteiger partial charge on any atom is 0.412 e. The number of carbonyl (C=O) groups excluding carboxylic acids is 2. The molecule has 62 valence electrons. The maximum atomic E-state index is 10.8. The molecule has 0 spiro atoms. The molecular formula is C5H3N3O3S. The normalized spacial score (nSPS) is 14.3. The lowest BCUT2D eigenvalue weighted by molar-refractivity contribution is -0.129. The molecule has 0 bridgehead atoms.